The summed E-state index contributed by atoms with van der Waals surface area (Å²) in [7, 11) is 5.39. The average Bonchev–Trinajstić information content (AvgIpc) is 2.70. The predicted molar refractivity (Wildman–Crippen MR) is 101 cm³/mol. The van der Waals surface area contributed by atoms with Gasteiger partial charge in [-0.25, -0.2) is 0 Å². The van der Waals surface area contributed by atoms with Crippen molar-refractivity contribution in [2.24, 2.45) is 5.73 Å². The van der Waals surface area contributed by atoms with Crippen LogP contribution in [0.3, 0.4) is 0 Å². The van der Waals surface area contributed by atoms with E-state index in [-0.39, 0.29) is 24.3 Å². The van der Waals surface area contributed by atoms with Crippen LogP contribution in [-0.4, -0.2) is 77.1 Å². The molecule has 26 heavy (non-hydrogen) atoms. The van der Waals surface area contributed by atoms with Crippen molar-refractivity contribution in [3.8, 4) is 0 Å². The molecule has 1 saturated heterocycles. The molecule has 0 aliphatic carbocycles. The van der Waals surface area contributed by atoms with Crippen molar-refractivity contribution >= 4 is 5.91 Å². The molecule has 0 bridgehead atoms. The largest absolute Gasteiger partial charge is 0.378 e. The van der Waals surface area contributed by atoms with Crippen molar-refractivity contribution in [1.82, 2.24) is 20.9 Å². The molecule has 1 amide bonds. The second kappa shape index (κ2) is 10.6. The van der Waals surface area contributed by atoms with Gasteiger partial charge in [0.1, 0.15) is 6.23 Å². The van der Waals surface area contributed by atoms with E-state index >= 15 is 0 Å². The summed E-state index contributed by atoms with van der Waals surface area (Å²) in [6, 6.07) is 7.37. The fourth-order valence-electron chi connectivity index (χ4n) is 3.05. The number of nitrogens with one attached hydrogen (secondary N) is 3. The Morgan fingerprint density at radius 2 is 2.12 bits per heavy atom. The Labute approximate surface area is 155 Å². The predicted octanol–water partition coefficient (Wildman–Crippen LogP) is -0.514. The highest BCUT2D eigenvalue weighted by atomic mass is 16.5. The summed E-state index contributed by atoms with van der Waals surface area (Å²) in [6.07, 6.45) is -0.286. The summed E-state index contributed by atoms with van der Waals surface area (Å²) in [5.74, 6) is -0.109. The monoisotopic (exact) mass is 365 g/mol. The lowest BCUT2D eigenvalue weighted by atomic mass is 10.1. The second-order valence-electron chi connectivity index (χ2n) is 6.31. The molecule has 3 atom stereocenters. The van der Waals surface area contributed by atoms with Gasteiger partial charge in [0.05, 0.1) is 25.4 Å². The Bertz CT molecular complexity index is 554. The summed E-state index contributed by atoms with van der Waals surface area (Å²) in [6.45, 7) is 3.23. The average molecular weight is 365 g/mol. The van der Waals surface area contributed by atoms with E-state index in [9.17, 15) is 4.79 Å². The molecular formula is C18H31N5O3. The van der Waals surface area contributed by atoms with Crippen LogP contribution < -0.4 is 21.7 Å². The van der Waals surface area contributed by atoms with E-state index in [2.05, 4.69) is 20.9 Å². The number of ether oxygens (including phenoxy) is 2. The number of carbonyl (C=O) groups is 1. The maximum atomic E-state index is 12.4. The van der Waals surface area contributed by atoms with Gasteiger partial charge in [-0.1, -0.05) is 12.1 Å². The molecule has 1 aliphatic heterocycles. The Balaban J connectivity index is 1.93. The minimum Gasteiger partial charge on any atom is -0.378 e. The first kappa shape index (κ1) is 20.8. The molecule has 1 heterocycles. The summed E-state index contributed by atoms with van der Waals surface area (Å²) in [5.41, 5.74) is 7.46. The van der Waals surface area contributed by atoms with Gasteiger partial charge in [-0.15, -0.1) is 0 Å². The smallest absolute Gasteiger partial charge is 0.251 e. The number of nitrogens with zero attached hydrogens (tertiary/aromatic N) is 1. The molecule has 2 rings (SSSR count). The van der Waals surface area contributed by atoms with Gasteiger partial charge in [-0.2, -0.15) is 0 Å². The van der Waals surface area contributed by atoms with Crippen LogP contribution in [0.2, 0.25) is 0 Å². The fourth-order valence-corrected chi connectivity index (χ4v) is 3.05. The van der Waals surface area contributed by atoms with Gasteiger partial charge >= 0.3 is 0 Å². The molecule has 0 saturated carbocycles. The van der Waals surface area contributed by atoms with Crippen molar-refractivity contribution in [1.29, 1.82) is 0 Å². The van der Waals surface area contributed by atoms with Crippen LogP contribution in [0.15, 0.2) is 24.3 Å². The minimum absolute atomic E-state index is 0.0480. The van der Waals surface area contributed by atoms with Gasteiger partial charge < -0.3 is 31.2 Å². The maximum absolute atomic E-state index is 12.4. The Hall–Kier alpha value is -1.55. The van der Waals surface area contributed by atoms with Gasteiger partial charge in [-0.05, 0) is 31.8 Å². The summed E-state index contributed by atoms with van der Waals surface area (Å²) >= 11 is 0. The van der Waals surface area contributed by atoms with Crippen molar-refractivity contribution in [3.63, 3.8) is 0 Å². The second-order valence-corrected chi connectivity index (χ2v) is 6.31. The highest BCUT2D eigenvalue weighted by molar-refractivity contribution is 5.94. The van der Waals surface area contributed by atoms with Crippen molar-refractivity contribution in [2.75, 3.05) is 54.1 Å². The van der Waals surface area contributed by atoms with E-state index in [0.717, 1.165) is 12.1 Å². The number of likely N-dealkylation sites (N-methyl/N-ethyl adjacent to an activating group) is 1. The number of rotatable bonds is 9. The van der Waals surface area contributed by atoms with Crippen LogP contribution in [0.5, 0.6) is 0 Å². The molecule has 1 aromatic rings. The van der Waals surface area contributed by atoms with Crippen LogP contribution in [0.25, 0.3) is 0 Å². The van der Waals surface area contributed by atoms with E-state index in [1.54, 1.807) is 26.3 Å². The van der Waals surface area contributed by atoms with Crippen LogP contribution >= 0.6 is 0 Å². The zero-order chi connectivity index (χ0) is 18.9. The lowest BCUT2D eigenvalue weighted by molar-refractivity contribution is -0.106. The fraction of sp³-hybridized carbons (Fsp3) is 0.611. The molecule has 146 valence electrons. The van der Waals surface area contributed by atoms with Gasteiger partial charge in [0.15, 0.2) is 0 Å². The zero-order valence-electron chi connectivity index (χ0n) is 15.8. The minimum atomic E-state index is -0.238. The van der Waals surface area contributed by atoms with E-state index < -0.39 is 0 Å². The van der Waals surface area contributed by atoms with E-state index in [1.165, 1.54) is 0 Å². The van der Waals surface area contributed by atoms with Gasteiger partial charge in [0, 0.05) is 32.3 Å². The first-order chi connectivity index (χ1) is 12.6. The molecule has 1 fully saturated rings. The van der Waals surface area contributed by atoms with Crippen LogP contribution in [0, 0.1) is 0 Å². The molecule has 8 nitrogen and oxygen atoms in total. The van der Waals surface area contributed by atoms with E-state index in [1.807, 2.05) is 19.2 Å². The van der Waals surface area contributed by atoms with Gasteiger partial charge in [-0.3, -0.25) is 9.69 Å². The lowest BCUT2D eigenvalue weighted by Crippen LogP contribution is -2.57. The molecule has 0 spiro atoms. The number of methoxy groups -OCH3 is 1. The highest BCUT2D eigenvalue weighted by Crippen LogP contribution is 2.12. The third-order valence-corrected chi connectivity index (χ3v) is 4.64. The number of morpholine rings is 1. The summed E-state index contributed by atoms with van der Waals surface area (Å²) < 4.78 is 11.2. The number of benzene rings is 1. The van der Waals surface area contributed by atoms with Gasteiger partial charge in [0.25, 0.3) is 5.91 Å². The zero-order valence-corrected chi connectivity index (χ0v) is 15.8. The summed E-state index contributed by atoms with van der Waals surface area (Å²) in [5, 5.41) is 9.11. The molecule has 1 aromatic carbocycles. The Morgan fingerprint density at radius 3 is 2.73 bits per heavy atom. The molecule has 1 aliphatic rings. The SMILES string of the molecule is CNCC(OC)N1CCOC[C@@H]1CNC(=O)c1ccc(C(N)NC)cc1. The highest BCUT2D eigenvalue weighted by Gasteiger charge is 2.29. The lowest BCUT2D eigenvalue weighted by Gasteiger charge is -2.40. The first-order valence-corrected chi connectivity index (χ1v) is 8.92. The van der Waals surface area contributed by atoms with E-state index in [4.69, 9.17) is 15.2 Å². The number of hydrogen-bond acceptors (Lipinski definition) is 7. The van der Waals surface area contributed by atoms with Crippen LogP contribution in [-0.2, 0) is 9.47 Å². The normalized spacial score (nSPS) is 20.5. The molecule has 2 unspecified atom stereocenters. The molecule has 0 radical (unpaired) electrons. The number of nitrogens with two attached hydrogens (primary N) is 1. The molecule has 8 heteroatoms. The van der Waals surface area contributed by atoms with Crippen molar-refractivity contribution < 1.29 is 14.3 Å². The Kier molecular flexibility index (Phi) is 8.43. The topological polar surface area (TPSA) is 101 Å². The number of amides is 1. The van der Waals surface area contributed by atoms with Crippen LogP contribution in [0.1, 0.15) is 22.1 Å². The van der Waals surface area contributed by atoms with Crippen molar-refractivity contribution in [2.45, 2.75) is 18.4 Å². The molecule has 0 aromatic heterocycles. The maximum Gasteiger partial charge on any atom is 0.251 e. The van der Waals surface area contributed by atoms with Gasteiger partial charge in [0.2, 0.25) is 0 Å². The Morgan fingerprint density at radius 1 is 1.38 bits per heavy atom. The third-order valence-electron chi connectivity index (χ3n) is 4.64. The van der Waals surface area contributed by atoms with Crippen molar-refractivity contribution in [3.05, 3.63) is 35.4 Å². The molecule has 5 N–H and O–H groups in total. The quantitative estimate of drug-likeness (QED) is 0.437. The number of carbonyl (C=O) groups excluding carboxylic acids is 1. The number of hydrogen-bond donors (Lipinski definition) is 4. The van der Waals surface area contributed by atoms with Crippen LogP contribution in [0.4, 0.5) is 0 Å². The van der Waals surface area contributed by atoms with E-state index in [0.29, 0.717) is 31.9 Å². The summed E-state index contributed by atoms with van der Waals surface area (Å²) in [4.78, 5) is 14.7. The third kappa shape index (κ3) is 5.47. The molecular weight excluding hydrogens is 334 g/mol. The first-order valence-electron chi connectivity index (χ1n) is 8.92. The standard InChI is InChI=1S/C18H31N5O3/c1-20-11-16(25-3)23-8-9-26-12-15(23)10-22-18(24)14-6-4-13(5-7-14)17(19)21-2/h4-7,15-17,20-21H,8-12,19H2,1-3H3,(H,22,24)/t15-,16?,17?/m0/s1.